The summed E-state index contributed by atoms with van der Waals surface area (Å²) in [6.07, 6.45) is 2.05. The van der Waals surface area contributed by atoms with Crippen LogP contribution in [0.2, 0.25) is 0 Å². The van der Waals surface area contributed by atoms with Crippen LogP contribution in [0.4, 0.5) is 5.69 Å². The van der Waals surface area contributed by atoms with Crippen LogP contribution in [0.1, 0.15) is 30.9 Å². The predicted octanol–water partition coefficient (Wildman–Crippen LogP) is 1.23. The van der Waals surface area contributed by atoms with Crippen molar-refractivity contribution in [2.75, 3.05) is 64.7 Å². The lowest BCUT2D eigenvalue weighted by Crippen LogP contribution is -2.53. The topological polar surface area (TPSA) is 85.0 Å². The number of aryl methyl sites for hydroxylation is 2. The van der Waals surface area contributed by atoms with Crippen molar-refractivity contribution >= 4 is 23.4 Å². The first-order valence-corrected chi connectivity index (χ1v) is 11.1. The van der Waals surface area contributed by atoms with Crippen LogP contribution in [-0.2, 0) is 14.4 Å². The van der Waals surface area contributed by atoms with Crippen molar-refractivity contribution in [3.63, 3.8) is 0 Å². The molecule has 3 amide bonds. The molecule has 0 spiro atoms. The summed E-state index contributed by atoms with van der Waals surface area (Å²) in [7, 11) is 1.78. The maximum absolute atomic E-state index is 12.6. The molecule has 1 saturated heterocycles. The molecule has 0 radical (unpaired) electrons. The Balaban J connectivity index is 1.71. The van der Waals surface area contributed by atoms with Gasteiger partial charge in [-0.05, 0) is 38.4 Å². The quantitative estimate of drug-likeness (QED) is 0.545. The highest BCUT2D eigenvalue weighted by atomic mass is 16.2. The monoisotopic (exact) mass is 431 g/mol. The summed E-state index contributed by atoms with van der Waals surface area (Å²) in [5.74, 6) is -0.0797. The number of nitrogens with zero attached hydrogens (tertiary/aromatic N) is 3. The van der Waals surface area contributed by atoms with E-state index in [0.717, 1.165) is 36.2 Å². The first kappa shape index (κ1) is 24.8. The minimum Gasteiger partial charge on any atom is -0.355 e. The van der Waals surface area contributed by atoms with Gasteiger partial charge < -0.3 is 15.5 Å². The van der Waals surface area contributed by atoms with E-state index in [1.165, 1.54) is 0 Å². The van der Waals surface area contributed by atoms with Gasteiger partial charge in [0, 0.05) is 38.4 Å². The highest BCUT2D eigenvalue weighted by Gasteiger charge is 2.23. The Morgan fingerprint density at radius 3 is 2.26 bits per heavy atom. The SMILES string of the molecule is CCCCNC(=O)CN1CCN(C(=O)CN(C)CC(=O)Nc2c(C)cccc2C)CC1. The molecule has 0 saturated carbocycles. The number of para-hydroxylation sites is 1. The molecule has 2 N–H and O–H groups in total. The van der Waals surface area contributed by atoms with E-state index in [4.69, 9.17) is 0 Å². The summed E-state index contributed by atoms with van der Waals surface area (Å²) >= 11 is 0. The van der Waals surface area contributed by atoms with Gasteiger partial charge in [0.25, 0.3) is 0 Å². The molecule has 8 heteroatoms. The Kier molecular flexibility index (Phi) is 9.94. The Labute approximate surface area is 185 Å². The van der Waals surface area contributed by atoms with Crippen LogP contribution in [0, 0.1) is 13.8 Å². The first-order chi connectivity index (χ1) is 14.8. The molecular weight excluding hydrogens is 394 g/mol. The van der Waals surface area contributed by atoms with Gasteiger partial charge in [-0.15, -0.1) is 0 Å². The molecule has 8 nitrogen and oxygen atoms in total. The van der Waals surface area contributed by atoms with Gasteiger partial charge in [-0.1, -0.05) is 31.5 Å². The summed E-state index contributed by atoms with van der Waals surface area (Å²) in [6, 6.07) is 5.89. The Bertz CT molecular complexity index is 739. The number of carbonyl (C=O) groups excluding carboxylic acids is 3. The van der Waals surface area contributed by atoms with Gasteiger partial charge in [0.2, 0.25) is 17.7 Å². The second-order valence-electron chi connectivity index (χ2n) is 8.35. The van der Waals surface area contributed by atoms with Crippen LogP contribution in [0.25, 0.3) is 0 Å². The first-order valence-electron chi connectivity index (χ1n) is 11.1. The summed E-state index contributed by atoms with van der Waals surface area (Å²) in [5, 5.41) is 5.88. The highest BCUT2D eigenvalue weighted by Crippen LogP contribution is 2.19. The molecule has 172 valence electrons. The molecule has 0 bridgehead atoms. The number of benzene rings is 1. The van der Waals surface area contributed by atoms with E-state index >= 15 is 0 Å². The van der Waals surface area contributed by atoms with Gasteiger partial charge >= 0.3 is 0 Å². The number of rotatable bonds is 10. The van der Waals surface area contributed by atoms with E-state index in [1.54, 1.807) is 11.9 Å². The molecule has 1 aromatic carbocycles. The van der Waals surface area contributed by atoms with Crippen molar-refractivity contribution < 1.29 is 14.4 Å². The number of likely N-dealkylation sites (N-methyl/N-ethyl adjacent to an activating group) is 1. The van der Waals surface area contributed by atoms with Crippen LogP contribution < -0.4 is 10.6 Å². The van der Waals surface area contributed by atoms with E-state index in [1.807, 2.05) is 36.9 Å². The molecule has 0 unspecified atom stereocenters. The second kappa shape index (κ2) is 12.4. The van der Waals surface area contributed by atoms with Crippen molar-refractivity contribution in [1.82, 2.24) is 20.0 Å². The fraction of sp³-hybridized carbons (Fsp3) is 0.609. The van der Waals surface area contributed by atoms with Crippen molar-refractivity contribution in [3.8, 4) is 0 Å². The van der Waals surface area contributed by atoms with Gasteiger partial charge in [-0.3, -0.25) is 24.2 Å². The third kappa shape index (κ3) is 8.30. The summed E-state index contributed by atoms with van der Waals surface area (Å²) < 4.78 is 0. The fourth-order valence-electron chi connectivity index (χ4n) is 3.64. The van der Waals surface area contributed by atoms with Crippen molar-refractivity contribution in [1.29, 1.82) is 0 Å². The second-order valence-corrected chi connectivity index (χ2v) is 8.35. The molecule has 1 heterocycles. The van der Waals surface area contributed by atoms with Crippen LogP contribution in [0.3, 0.4) is 0 Å². The zero-order valence-corrected chi connectivity index (χ0v) is 19.4. The number of anilines is 1. The van der Waals surface area contributed by atoms with Crippen LogP contribution >= 0.6 is 0 Å². The molecular formula is C23H37N5O3. The average Bonchev–Trinajstić information content (AvgIpc) is 2.71. The molecule has 0 aromatic heterocycles. The molecule has 1 fully saturated rings. The number of unbranched alkanes of at least 4 members (excludes halogenated alkanes) is 1. The molecule has 31 heavy (non-hydrogen) atoms. The largest absolute Gasteiger partial charge is 0.355 e. The van der Waals surface area contributed by atoms with Crippen LogP contribution in [0.15, 0.2) is 18.2 Å². The summed E-state index contributed by atoms with van der Waals surface area (Å²) in [5.41, 5.74) is 2.87. The zero-order valence-electron chi connectivity index (χ0n) is 19.4. The third-order valence-electron chi connectivity index (χ3n) is 5.51. The summed E-state index contributed by atoms with van der Waals surface area (Å²) in [4.78, 5) is 42.6. The third-order valence-corrected chi connectivity index (χ3v) is 5.51. The minimum absolute atomic E-state index is 0.00872. The minimum atomic E-state index is -0.133. The lowest BCUT2D eigenvalue weighted by molar-refractivity contribution is -0.134. The van der Waals surface area contributed by atoms with Crippen molar-refractivity contribution in [2.24, 2.45) is 0 Å². The number of piperazine rings is 1. The molecule has 1 aliphatic rings. The fourth-order valence-corrected chi connectivity index (χ4v) is 3.64. The smallest absolute Gasteiger partial charge is 0.238 e. The maximum atomic E-state index is 12.6. The molecule has 0 aliphatic carbocycles. The average molecular weight is 432 g/mol. The maximum Gasteiger partial charge on any atom is 0.238 e. The summed E-state index contributed by atoms with van der Waals surface area (Å²) in [6.45, 7) is 10.0. The van der Waals surface area contributed by atoms with E-state index in [2.05, 4.69) is 22.5 Å². The highest BCUT2D eigenvalue weighted by molar-refractivity contribution is 5.94. The zero-order chi connectivity index (χ0) is 22.8. The van der Waals surface area contributed by atoms with E-state index < -0.39 is 0 Å². The van der Waals surface area contributed by atoms with Gasteiger partial charge in [0.1, 0.15) is 0 Å². The van der Waals surface area contributed by atoms with Crippen molar-refractivity contribution in [3.05, 3.63) is 29.3 Å². The Hall–Kier alpha value is -2.45. The van der Waals surface area contributed by atoms with Gasteiger partial charge in [-0.25, -0.2) is 0 Å². The van der Waals surface area contributed by atoms with E-state index in [-0.39, 0.29) is 30.8 Å². The van der Waals surface area contributed by atoms with Gasteiger partial charge in [0.05, 0.1) is 19.6 Å². The van der Waals surface area contributed by atoms with Crippen LogP contribution in [0.5, 0.6) is 0 Å². The Morgan fingerprint density at radius 2 is 1.65 bits per heavy atom. The number of amides is 3. The molecule has 1 aromatic rings. The van der Waals surface area contributed by atoms with E-state index in [9.17, 15) is 14.4 Å². The van der Waals surface area contributed by atoms with Crippen LogP contribution in [-0.4, -0.2) is 91.8 Å². The normalized spacial score (nSPS) is 14.5. The predicted molar refractivity (Wildman–Crippen MR) is 123 cm³/mol. The lowest BCUT2D eigenvalue weighted by Gasteiger charge is -2.35. The number of nitrogens with one attached hydrogen (secondary N) is 2. The lowest BCUT2D eigenvalue weighted by atomic mass is 10.1. The van der Waals surface area contributed by atoms with Crippen molar-refractivity contribution in [2.45, 2.75) is 33.6 Å². The van der Waals surface area contributed by atoms with Gasteiger partial charge in [0.15, 0.2) is 0 Å². The number of hydrogen-bond donors (Lipinski definition) is 2. The molecule has 0 atom stereocenters. The molecule has 2 rings (SSSR count). The standard InChI is InChI=1S/C23H37N5O3/c1-5-6-10-24-20(29)16-27-11-13-28(14-12-27)22(31)17-26(4)15-21(30)25-23-18(2)8-7-9-19(23)3/h7-9H,5-6,10-17H2,1-4H3,(H,24,29)(H,25,30). The Morgan fingerprint density at radius 1 is 1.00 bits per heavy atom. The number of hydrogen-bond acceptors (Lipinski definition) is 5. The molecule has 1 aliphatic heterocycles. The number of carbonyl (C=O) groups is 3. The van der Waals surface area contributed by atoms with Gasteiger partial charge in [-0.2, -0.15) is 0 Å². The van der Waals surface area contributed by atoms with E-state index in [0.29, 0.717) is 32.7 Å².